The van der Waals surface area contributed by atoms with Crippen molar-refractivity contribution in [3.05, 3.63) is 134 Å². The molecule has 0 aliphatic carbocycles. The molecular weight excluding hydrogens is 663 g/mol. The maximum Gasteiger partial charge on any atom is 0.494 e. The number of fused-ring (bicyclic) bond motifs is 2. The van der Waals surface area contributed by atoms with Crippen LogP contribution in [0.25, 0.3) is 0 Å². The van der Waals surface area contributed by atoms with Gasteiger partial charge in [0, 0.05) is 41.8 Å². The first-order valence-corrected chi connectivity index (χ1v) is 17.6. The number of carbonyl (C=O) groups excluding carboxylic acids is 2. The van der Waals surface area contributed by atoms with Crippen molar-refractivity contribution in [2.75, 3.05) is 13.1 Å². The lowest BCUT2D eigenvalue weighted by Gasteiger charge is -2.32. The van der Waals surface area contributed by atoms with Crippen molar-refractivity contribution in [1.82, 2.24) is 9.80 Å². The Labute approximate surface area is 293 Å². The lowest BCUT2D eigenvalue weighted by Crippen LogP contribution is -2.41. The van der Waals surface area contributed by atoms with Crippen LogP contribution in [0.4, 0.5) is 0 Å². The number of amides is 2. The van der Waals surface area contributed by atoms with E-state index < -0.39 is 0 Å². The summed E-state index contributed by atoms with van der Waals surface area (Å²) in [6.07, 6.45) is 1.82. The number of aryl methyl sites for hydroxylation is 2. The molecule has 6 nitrogen and oxygen atoms in total. The van der Waals surface area contributed by atoms with Crippen LogP contribution >= 0.6 is 15.9 Å². The summed E-state index contributed by atoms with van der Waals surface area (Å²) in [5, 5.41) is 0. The van der Waals surface area contributed by atoms with Gasteiger partial charge in [0.15, 0.2) is 0 Å². The monoisotopic (exact) mass is 706 g/mol. The zero-order valence-corrected chi connectivity index (χ0v) is 30.4. The van der Waals surface area contributed by atoms with Gasteiger partial charge in [-0.05, 0) is 130 Å². The van der Waals surface area contributed by atoms with Crippen molar-refractivity contribution in [3.63, 3.8) is 0 Å². The van der Waals surface area contributed by atoms with Gasteiger partial charge in [-0.15, -0.1) is 0 Å². The minimum atomic E-state index is -0.380. The molecule has 48 heavy (non-hydrogen) atoms. The second-order valence-electron chi connectivity index (χ2n) is 14.1. The summed E-state index contributed by atoms with van der Waals surface area (Å²) in [6, 6.07) is 27.6. The smallest absolute Gasteiger partial charge is 0.399 e. The van der Waals surface area contributed by atoms with Gasteiger partial charge in [0.1, 0.15) is 0 Å². The molecule has 8 heteroatoms. The van der Waals surface area contributed by atoms with Gasteiger partial charge in [-0.3, -0.25) is 9.59 Å². The lowest BCUT2D eigenvalue weighted by atomic mass is 9.75. The minimum Gasteiger partial charge on any atom is -0.399 e. The van der Waals surface area contributed by atoms with Crippen molar-refractivity contribution in [2.24, 2.45) is 0 Å². The molecule has 3 aliphatic rings. The third-order valence-electron chi connectivity index (χ3n) is 10.2. The van der Waals surface area contributed by atoms with Crippen LogP contribution in [0.5, 0.6) is 0 Å². The first kappa shape index (κ1) is 34.2. The molecule has 4 aromatic rings. The third kappa shape index (κ3) is 7.03. The number of carbonyl (C=O) groups is 2. The molecule has 0 N–H and O–H groups in total. The number of nitrogens with zero attached hydrogens (tertiary/aromatic N) is 2. The summed E-state index contributed by atoms with van der Waals surface area (Å²) in [5.74, 6) is 0.207. The van der Waals surface area contributed by atoms with Crippen molar-refractivity contribution >= 4 is 40.3 Å². The van der Waals surface area contributed by atoms with Crippen LogP contribution in [-0.2, 0) is 35.2 Å². The maximum absolute atomic E-state index is 12.9. The summed E-state index contributed by atoms with van der Waals surface area (Å²) < 4.78 is 13.6. The first-order chi connectivity index (χ1) is 22.8. The molecule has 0 saturated carbocycles. The van der Waals surface area contributed by atoms with E-state index in [9.17, 15) is 9.59 Å². The molecular formula is C40H44BBrN2O4. The van der Waals surface area contributed by atoms with Crippen LogP contribution in [0.2, 0.25) is 0 Å². The fourth-order valence-corrected chi connectivity index (χ4v) is 7.43. The highest BCUT2D eigenvalue weighted by molar-refractivity contribution is 9.10. The zero-order valence-electron chi connectivity index (χ0n) is 28.8. The van der Waals surface area contributed by atoms with Gasteiger partial charge in [0.2, 0.25) is 0 Å². The van der Waals surface area contributed by atoms with Gasteiger partial charge in [-0.2, -0.15) is 0 Å². The highest BCUT2D eigenvalue weighted by atomic mass is 79.9. The predicted molar refractivity (Wildman–Crippen MR) is 196 cm³/mol. The average Bonchev–Trinajstić information content (AvgIpc) is 3.30. The van der Waals surface area contributed by atoms with Crippen LogP contribution in [0.15, 0.2) is 89.4 Å². The van der Waals surface area contributed by atoms with Crippen LogP contribution in [0.3, 0.4) is 0 Å². The topological polar surface area (TPSA) is 59.1 Å². The average molecular weight is 708 g/mol. The zero-order chi connectivity index (χ0) is 34.2. The molecule has 0 atom stereocenters. The molecule has 1 saturated heterocycles. The highest BCUT2D eigenvalue weighted by Crippen LogP contribution is 2.37. The van der Waals surface area contributed by atoms with E-state index in [0.717, 1.165) is 47.0 Å². The van der Waals surface area contributed by atoms with Crippen molar-refractivity contribution in [2.45, 2.75) is 78.7 Å². The van der Waals surface area contributed by atoms with Crippen LogP contribution < -0.4 is 5.46 Å². The van der Waals surface area contributed by atoms with Gasteiger partial charge in [-0.1, -0.05) is 64.5 Å². The Balaban J connectivity index is 0.000000177. The number of hydrogen-bond acceptors (Lipinski definition) is 4. The van der Waals surface area contributed by atoms with Crippen molar-refractivity contribution < 1.29 is 18.9 Å². The Kier molecular flexibility index (Phi) is 9.72. The van der Waals surface area contributed by atoms with Gasteiger partial charge < -0.3 is 19.1 Å². The summed E-state index contributed by atoms with van der Waals surface area (Å²) in [4.78, 5) is 29.2. The molecule has 0 unspecified atom stereocenters. The van der Waals surface area contributed by atoms with E-state index in [1.807, 2.05) is 70.5 Å². The molecule has 248 valence electrons. The van der Waals surface area contributed by atoms with E-state index in [1.54, 1.807) is 0 Å². The van der Waals surface area contributed by atoms with E-state index in [1.165, 1.54) is 33.4 Å². The largest absolute Gasteiger partial charge is 0.494 e. The van der Waals surface area contributed by atoms with Gasteiger partial charge in [0.05, 0.1) is 11.2 Å². The van der Waals surface area contributed by atoms with Crippen LogP contribution in [-0.4, -0.2) is 53.0 Å². The Bertz CT molecular complexity index is 1810. The first-order valence-electron chi connectivity index (χ1n) is 16.8. The number of hydrogen-bond donors (Lipinski definition) is 0. The van der Waals surface area contributed by atoms with E-state index in [0.29, 0.717) is 13.1 Å². The maximum atomic E-state index is 12.9. The molecule has 0 spiro atoms. The fourth-order valence-electron chi connectivity index (χ4n) is 6.81. The highest BCUT2D eigenvalue weighted by Gasteiger charge is 2.52. The molecule has 4 aromatic carbocycles. The summed E-state index contributed by atoms with van der Waals surface area (Å²) >= 11 is 3.54. The molecule has 1 fully saturated rings. The Morgan fingerprint density at radius 2 is 1.10 bits per heavy atom. The summed E-state index contributed by atoms with van der Waals surface area (Å²) in [6.45, 7) is 15.4. The quantitative estimate of drug-likeness (QED) is 0.208. The normalized spacial score (nSPS) is 17.6. The summed E-state index contributed by atoms with van der Waals surface area (Å²) in [7, 11) is -0.380. The Morgan fingerprint density at radius 1 is 0.667 bits per heavy atom. The van der Waals surface area contributed by atoms with E-state index >= 15 is 0 Å². The Hall–Kier alpha value is -3.72. The molecule has 0 bridgehead atoms. The molecule has 2 amide bonds. The van der Waals surface area contributed by atoms with Gasteiger partial charge in [-0.25, -0.2) is 0 Å². The van der Waals surface area contributed by atoms with Crippen LogP contribution in [0.1, 0.15) is 81.8 Å². The lowest BCUT2D eigenvalue weighted by molar-refractivity contribution is 0.00578. The predicted octanol–water partition coefficient (Wildman–Crippen LogP) is 7.45. The molecule has 3 aliphatic heterocycles. The second-order valence-corrected chi connectivity index (χ2v) is 15.0. The van der Waals surface area contributed by atoms with Gasteiger partial charge >= 0.3 is 7.12 Å². The SMILES string of the molecule is Cc1cc(B2OC(C)(C)C(C)(C)O2)cc2c1CCN(C(=O)c1ccccc1)C2.Cc1cc(Br)cc2c1CCN(C(=O)c1ccccc1)C2. The molecule has 0 aromatic heterocycles. The molecule has 0 radical (unpaired) electrons. The number of benzene rings is 4. The van der Waals surface area contributed by atoms with Crippen LogP contribution in [0, 0.1) is 13.8 Å². The van der Waals surface area contributed by atoms with E-state index in [-0.39, 0.29) is 30.1 Å². The standard InChI is InChI=1S/C23H28BNO3.C17H16BrNO/c1-16-13-19(24-27-22(2,3)23(4,5)28-24)14-18-15-25(12-11-20(16)18)21(26)17-9-7-6-8-10-17;1-12-9-15(18)10-14-11-19(8-7-16(12)14)17(20)13-5-3-2-4-6-13/h6-10,13-14H,11-12,15H2,1-5H3;2-6,9-10H,7-8,11H2,1H3. The molecule has 7 rings (SSSR count). The minimum absolute atomic E-state index is 0.0879. The van der Waals surface area contributed by atoms with Crippen molar-refractivity contribution in [1.29, 1.82) is 0 Å². The Morgan fingerprint density at radius 3 is 1.58 bits per heavy atom. The second kappa shape index (κ2) is 13.7. The summed E-state index contributed by atoms with van der Waals surface area (Å²) in [5.41, 5.74) is 9.55. The third-order valence-corrected chi connectivity index (χ3v) is 10.7. The fraction of sp³-hybridized carbons (Fsp3) is 0.350. The van der Waals surface area contributed by atoms with E-state index in [4.69, 9.17) is 9.31 Å². The van der Waals surface area contributed by atoms with E-state index in [2.05, 4.69) is 81.7 Å². The number of rotatable bonds is 3. The van der Waals surface area contributed by atoms with Crippen molar-refractivity contribution in [3.8, 4) is 0 Å². The number of halogens is 1. The molecule has 3 heterocycles. The van der Waals surface area contributed by atoms with Gasteiger partial charge in [0.25, 0.3) is 11.8 Å².